The molecule has 21 heavy (non-hydrogen) atoms. The van der Waals surface area contributed by atoms with E-state index in [0.29, 0.717) is 12.4 Å². The minimum Gasteiger partial charge on any atom is -0.464 e. The molecule has 1 unspecified atom stereocenters. The molecule has 112 valence electrons. The van der Waals surface area contributed by atoms with Crippen LogP contribution >= 0.6 is 0 Å². The number of para-hydroxylation sites is 1. The topological polar surface area (TPSA) is 63.5 Å². The van der Waals surface area contributed by atoms with Crippen LogP contribution in [0.1, 0.15) is 24.5 Å². The Morgan fingerprint density at radius 3 is 2.62 bits per heavy atom. The number of anilines is 1. The van der Waals surface area contributed by atoms with Crippen LogP contribution in [0, 0.1) is 0 Å². The average molecular weight is 288 g/mol. The van der Waals surface area contributed by atoms with Crippen molar-refractivity contribution in [2.75, 3.05) is 19.0 Å². The Balaban J connectivity index is 2.00. The maximum Gasteiger partial charge on any atom is 0.319 e. The van der Waals surface area contributed by atoms with Gasteiger partial charge in [0.1, 0.15) is 17.6 Å². The van der Waals surface area contributed by atoms with Crippen LogP contribution in [0.5, 0.6) is 0 Å². The van der Waals surface area contributed by atoms with Crippen LogP contribution in [0.25, 0.3) is 0 Å². The van der Waals surface area contributed by atoms with Crippen LogP contribution < -0.4 is 10.6 Å². The molecule has 0 saturated heterocycles. The van der Waals surface area contributed by atoms with Gasteiger partial charge in [-0.05, 0) is 24.3 Å². The molecule has 1 aromatic carbocycles. The van der Waals surface area contributed by atoms with Crippen molar-refractivity contribution in [3.05, 3.63) is 54.0 Å². The summed E-state index contributed by atoms with van der Waals surface area (Å²) in [5, 5.41) is 5.63. The summed E-state index contributed by atoms with van der Waals surface area (Å²) in [6, 6.07) is 12.4. The fraction of sp³-hybridized carbons (Fsp3) is 0.312. The Kier molecular flexibility index (Phi) is 5.40. The van der Waals surface area contributed by atoms with E-state index in [4.69, 9.17) is 9.15 Å². The fourth-order valence-electron chi connectivity index (χ4n) is 1.98. The molecule has 2 aromatic rings. The first-order chi connectivity index (χ1) is 10.2. The number of nitrogens with one attached hydrogen (secondary N) is 2. The van der Waals surface area contributed by atoms with Gasteiger partial charge in [-0.2, -0.15) is 0 Å². The molecule has 5 nitrogen and oxygen atoms in total. The van der Waals surface area contributed by atoms with Crippen LogP contribution in [-0.2, 0) is 11.2 Å². The van der Waals surface area contributed by atoms with Crippen LogP contribution in [0.4, 0.5) is 10.5 Å². The summed E-state index contributed by atoms with van der Waals surface area (Å²) in [6.07, 6.45) is 0.815. The minimum absolute atomic E-state index is 0.294. The van der Waals surface area contributed by atoms with Gasteiger partial charge in [0.05, 0.1) is 6.61 Å². The molecule has 0 aliphatic carbocycles. The molecule has 0 aliphatic heterocycles. The van der Waals surface area contributed by atoms with Gasteiger partial charge in [0.15, 0.2) is 0 Å². The van der Waals surface area contributed by atoms with Crippen LogP contribution in [0.15, 0.2) is 46.9 Å². The number of benzene rings is 1. The lowest BCUT2D eigenvalue weighted by Gasteiger charge is -2.16. The second kappa shape index (κ2) is 7.50. The molecule has 0 aliphatic rings. The highest BCUT2D eigenvalue weighted by Gasteiger charge is 2.18. The number of rotatable bonds is 6. The standard InChI is InChI=1S/C16H20N2O3/c1-3-13-9-10-15(21-13)14(11-20-2)18-16(19)17-12-7-5-4-6-8-12/h4-10,14H,3,11H2,1-2H3,(H2,17,18,19). The summed E-state index contributed by atoms with van der Waals surface area (Å²) in [7, 11) is 1.59. The van der Waals surface area contributed by atoms with Crippen molar-refractivity contribution in [2.45, 2.75) is 19.4 Å². The van der Waals surface area contributed by atoms with E-state index >= 15 is 0 Å². The number of methoxy groups -OCH3 is 1. The molecule has 1 heterocycles. The third-order valence-corrected chi connectivity index (χ3v) is 3.04. The number of hydrogen-bond donors (Lipinski definition) is 2. The van der Waals surface area contributed by atoms with E-state index in [-0.39, 0.29) is 12.1 Å². The lowest BCUT2D eigenvalue weighted by atomic mass is 10.2. The zero-order chi connectivity index (χ0) is 15.1. The van der Waals surface area contributed by atoms with Crippen molar-refractivity contribution in [2.24, 2.45) is 0 Å². The minimum atomic E-state index is -0.320. The zero-order valence-electron chi connectivity index (χ0n) is 12.3. The molecule has 0 saturated carbocycles. The van der Waals surface area contributed by atoms with Gasteiger partial charge >= 0.3 is 6.03 Å². The summed E-state index contributed by atoms with van der Waals surface area (Å²) in [5.41, 5.74) is 0.736. The highest BCUT2D eigenvalue weighted by Crippen LogP contribution is 2.18. The molecule has 1 aromatic heterocycles. The predicted octanol–water partition coefficient (Wildman–Crippen LogP) is 3.35. The second-order valence-electron chi connectivity index (χ2n) is 4.63. The quantitative estimate of drug-likeness (QED) is 0.856. The molecular weight excluding hydrogens is 268 g/mol. The van der Waals surface area contributed by atoms with Crippen molar-refractivity contribution in [1.82, 2.24) is 5.32 Å². The van der Waals surface area contributed by atoms with Gasteiger partial charge in [-0.1, -0.05) is 25.1 Å². The van der Waals surface area contributed by atoms with Crippen molar-refractivity contribution >= 4 is 11.7 Å². The first kappa shape index (κ1) is 15.1. The van der Waals surface area contributed by atoms with Crippen molar-refractivity contribution < 1.29 is 13.9 Å². The van der Waals surface area contributed by atoms with Crippen LogP contribution in [0.2, 0.25) is 0 Å². The van der Waals surface area contributed by atoms with E-state index < -0.39 is 0 Å². The predicted molar refractivity (Wildman–Crippen MR) is 81.3 cm³/mol. The lowest BCUT2D eigenvalue weighted by molar-refractivity contribution is 0.158. The van der Waals surface area contributed by atoms with Gasteiger partial charge in [-0.25, -0.2) is 4.79 Å². The van der Waals surface area contributed by atoms with Gasteiger partial charge < -0.3 is 19.8 Å². The Morgan fingerprint density at radius 2 is 2.00 bits per heavy atom. The van der Waals surface area contributed by atoms with Crippen molar-refractivity contribution in [1.29, 1.82) is 0 Å². The summed E-state index contributed by atoms with van der Waals surface area (Å²) >= 11 is 0. The lowest BCUT2D eigenvalue weighted by Crippen LogP contribution is -2.34. The number of ether oxygens (including phenoxy) is 1. The van der Waals surface area contributed by atoms with Crippen LogP contribution in [-0.4, -0.2) is 19.7 Å². The van der Waals surface area contributed by atoms with E-state index in [1.54, 1.807) is 7.11 Å². The average Bonchev–Trinajstić information content (AvgIpc) is 2.96. The number of carbonyl (C=O) groups is 1. The van der Waals surface area contributed by atoms with E-state index in [0.717, 1.165) is 17.9 Å². The highest BCUT2D eigenvalue weighted by molar-refractivity contribution is 5.89. The molecule has 0 radical (unpaired) electrons. The monoisotopic (exact) mass is 288 g/mol. The number of amides is 2. The smallest absolute Gasteiger partial charge is 0.319 e. The maximum atomic E-state index is 12.0. The maximum absolute atomic E-state index is 12.0. The van der Waals surface area contributed by atoms with Gasteiger partial charge in [-0.3, -0.25) is 0 Å². The molecule has 0 spiro atoms. The van der Waals surface area contributed by atoms with Crippen molar-refractivity contribution in [3.8, 4) is 0 Å². The number of carbonyl (C=O) groups excluding carboxylic acids is 1. The Labute approximate surface area is 124 Å². The first-order valence-corrected chi connectivity index (χ1v) is 6.93. The number of aryl methyl sites for hydroxylation is 1. The molecule has 2 N–H and O–H groups in total. The molecule has 2 amide bonds. The summed E-state index contributed by atoms with van der Waals surface area (Å²) in [5.74, 6) is 1.58. The Bertz CT molecular complexity index is 566. The summed E-state index contributed by atoms with van der Waals surface area (Å²) in [4.78, 5) is 12.0. The van der Waals surface area contributed by atoms with E-state index in [9.17, 15) is 4.79 Å². The van der Waals surface area contributed by atoms with E-state index in [1.807, 2.05) is 49.4 Å². The second-order valence-corrected chi connectivity index (χ2v) is 4.63. The Morgan fingerprint density at radius 1 is 1.24 bits per heavy atom. The molecular formula is C16H20N2O3. The third kappa shape index (κ3) is 4.36. The van der Waals surface area contributed by atoms with Gasteiger partial charge in [-0.15, -0.1) is 0 Å². The largest absolute Gasteiger partial charge is 0.464 e. The molecule has 5 heteroatoms. The Hall–Kier alpha value is -2.27. The highest BCUT2D eigenvalue weighted by atomic mass is 16.5. The van der Waals surface area contributed by atoms with Gasteiger partial charge in [0.25, 0.3) is 0 Å². The van der Waals surface area contributed by atoms with Gasteiger partial charge in [0, 0.05) is 19.2 Å². The molecule has 2 rings (SSSR count). The molecule has 1 atom stereocenters. The third-order valence-electron chi connectivity index (χ3n) is 3.04. The fourth-order valence-corrected chi connectivity index (χ4v) is 1.98. The molecule has 0 bridgehead atoms. The number of hydrogen-bond acceptors (Lipinski definition) is 3. The van der Waals surface area contributed by atoms with Gasteiger partial charge in [0.2, 0.25) is 0 Å². The normalized spacial score (nSPS) is 11.9. The number of urea groups is 1. The van der Waals surface area contributed by atoms with Crippen molar-refractivity contribution in [3.63, 3.8) is 0 Å². The van der Waals surface area contributed by atoms with Crippen LogP contribution in [0.3, 0.4) is 0 Å². The van der Waals surface area contributed by atoms with E-state index in [1.165, 1.54) is 0 Å². The van der Waals surface area contributed by atoms with E-state index in [2.05, 4.69) is 10.6 Å². The summed E-state index contributed by atoms with van der Waals surface area (Å²) in [6.45, 7) is 2.36. The summed E-state index contributed by atoms with van der Waals surface area (Å²) < 4.78 is 10.8. The zero-order valence-corrected chi connectivity index (χ0v) is 12.3. The SMILES string of the molecule is CCc1ccc(C(COC)NC(=O)Nc2ccccc2)o1. The number of furan rings is 1. The first-order valence-electron chi connectivity index (χ1n) is 6.93. The molecule has 0 fully saturated rings.